The van der Waals surface area contributed by atoms with Crippen LogP contribution < -0.4 is 0 Å². The van der Waals surface area contributed by atoms with E-state index in [0.717, 1.165) is 25.6 Å². The Morgan fingerprint density at radius 3 is 1.87 bits per heavy atom. The summed E-state index contributed by atoms with van der Waals surface area (Å²) in [7, 11) is 2.50. The van der Waals surface area contributed by atoms with Gasteiger partial charge in [0, 0.05) is 17.7 Å². The molecule has 4 nitrogen and oxygen atoms in total. The van der Waals surface area contributed by atoms with E-state index in [1.807, 2.05) is 18.8 Å². The van der Waals surface area contributed by atoms with E-state index >= 15 is 0 Å². The Balaban J connectivity index is 5.19. The second-order valence-electron chi connectivity index (χ2n) is 6.82. The fourth-order valence-corrected chi connectivity index (χ4v) is 4.10. The van der Waals surface area contributed by atoms with Gasteiger partial charge in [0.25, 0.3) is 0 Å². The number of unbranched alkanes of at least 4 members (excludes halogenated alkanes) is 1. The highest BCUT2D eigenvalue weighted by molar-refractivity contribution is 7.98. The molecule has 0 heterocycles. The van der Waals surface area contributed by atoms with E-state index in [1.54, 1.807) is 0 Å². The third-order valence-electron chi connectivity index (χ3n) is 4.97. The Morgan fingerprint density at radius 2 is 1.45 bits per heavy atom. The monoisotopic (exact) mass is 515 g/mol. The zero-order valence-corrected chi connectivity index (χ0v) is 19.2. The molecule has 0 saturated carbocycles. The van der Waals surface area contributed by atoms with Gasteiger partial charge in [-0.3, -0.25) is 0 Å². The van der Waals surface area contributed by atoms with Gasteiger partial charge in [0.2, 0.25) is 0 Å². The first-order valence-electron chi connectivity index (χ1n) is 9.31. The van der Waals surface area contributed by atoms with Crippen molar-refractivity contribution in [3.8, 4) is 0 Å². The van der Waals surface area contributed by atoms with Gasteiger partial charge in [0.1, 0.15) is 0 Å². The number of rotatable bonds is 16. The molecule has 0 amide bonds. The summed E-state index contributed by atoms with van der Waals surface area (Å²) >= 11 is 0.308. The summed E-state index contributed by atoms with van der Waals surface area (Å²) < 4.78 is 124. The van der Waals surface area contributed by atoms with Gasteiger partial charge >= 0.3 is 23.2 Å². The van der Waals surface area contributed by atoms with Gasteiger partial charge in [-0.05, 0) is 50.3 Å². The molecule has 0 bridgehead atoms. The molecule has 188 valence electrons. The molecule has 0 aliphatic heterocycles. The van der Waals surface area contributed by atoms with Crippen molar-refractivity contribution < 1.29 is 53.3 Å². The van der Waals surface area contributed by atoms with E-state index < -0.39 is 35.2 Å². The van der Waals surface area contributed by atoms with Gasteiger partial charge in [-0.2, -0.15) is 35.1 Å². The van der Waals surface area contributed by atoms with Crippen LogP contribution in [0.3, 0.4) is 0 Å². The average Bonchev–Trinajstić information content (AvgIpc) is 2.68. The molecule has 0 aliphatic rings. The van der Waals surface area contributed by atoms with Crippen LogP contribution in [0.1, 0.15) is 26.7 Å². The van der Waals surface area contributed by atoms with Crippen molar-refractivity contribution in [1.29, 1.82) is 0 Å². The molecular formula is C16H28F9N2O2S2+. The quantitative estimate of drug-likeness (QED) is 0.0843. The maximum atomic E-state index is 14.0. The first-order valence-corrected chi connectivity index (χ1v) is 11.0. The number of quaternary nitrogens is 1. The van der Waals surface area contributed by atoms with Crippen LogP contribution in [0.15, 0.2) is 0 Å². The van der Waals surface area contributed by atoms with Crippen molar-refractivity contribution in [2.45, 2.75) is 49.9 Å². The largest absolute Gasteiger partial charge is 0.459 e. The number of alkyl halides is 8. The Hall–Kier alpha value is -0.0900. The van der Waals surface area contributed by atoms with Crippen LogP contribution in [0.5, 0.6) is 0 Å². The van der Waals surface area contributed by atoms with Crippen LogP contribution in [0, 0.1) is 0 Å². The topological polar surface area (TPSA) is 21.7 Å². The van der Waals surface area contributed by atoms with Crippen LogP contribution in [-0.2, 0) is 9.12 Å². The van der Waals surface area contributed by atoms with Crippen molar-refractivity contribution >= 4 is 24.0 Å². The number of hydrogen-bond donors (Lipinski definition) is 0. The van der Waals surface area contributed by atoms with Crippen molar-refractivity contribution in [1.82, 2.24) is 4.31 Å². The molecule has 0 fully saturated rings. The number of halogens is 9. The van der Waals surface area contributed by atoms with Crippen molar-refractivity contribution in [2.24, 2.45) is 0 Å². The summed E-state index contributed by atoms with van der Waals surface area (Å²) in [5.74, 6) is -12.3. The fourth-order valence-electron chi connectivity index (χ4n) is 2.77. The van der Waals surface area contributed by atoms with Crippen LogP contribution >= 0.6 is 24.0 Å². The highest BCUT2D eigenvalue weighted by Gasteiger charge is 2.83. The van der Waals surface area contributed by atoms with Crippen molar-refractivity contribution in [2.75, 3.05) is 52.6 Å². The molecule has 1 unspecified atom stereocenters. The van der Waals surface area contributed by atoms with Crippen LogP contribution in [0.25, 0.3) is 0 Å². The normalized spacial score (nSPS) is 16.1. The van der Waals surface area contributed by atoms with Gasteiger partial charge in [0.15, 0.2) is 0 Å². The molecule has 15 heteroatoms. The van der Waals surface area contributed by atoms with E-state index in [9.17, 15) is 39.6 Å². The minimum absolute atomic E-state index is 0.214. The Labute approximate surface area is 184 Å². The smallest absolute Gasteiger partial charge is 0.323 e. The van der Waals surface area contributed by atoms with Gasteiger partial charge in [-0.25, -0.2) is 4.31 Å². The third kappa shape index (κ3) is 7.73. The zero-order valence-electron chi connectivity index (χ0n) is 17.6. The molecule has 0 aromatic heterocycles. The van der Waals surface area contributed by atoms with Crippen LogP contribution in [0.2, 0.25) is 0 Å². The zero-order chi connectivity index (χ0) is 24.6. The van der Waals surface area contributed by atoms with E-state index in [4.69, 9.17) is 4.18 Å². The van der Waals surface area contributed by atoms with E-state index in [0.29, 0.717) is 28.4 Å². The molecule has 31 heavy (non-hydrogen) atoms. The lowest BCUT2D eigenvalue weighted by atomic mass is 10.1. The second kappa shape index (κ2) is 12.4. The highest BCUT2D eigenvalue weighted by Crippen LogP contribution is 2.56. The summed E-state index contributed by atoms with van der Waals surface area (Å²) in [6.07, 6.45) is -5.19. The van der Waals surface area contributed by atoms with Crippen molar-refractivity contribution in [3.63, 3.8) is 0 Å². The predicted molar refractivity (Wildman–Crippen MR) is 102 cm³/mol. The number of hydrogen-bond acceptors (Lipinski definition) is 5. The fraction of sp³-hybridized carbons (Fsp3) is 1.00. The van der Waals surface area contributed by atoms with Gasteiger partial charge in [0.05, 0.1) is 39.8 Å². The lowest BCUT2D eigenvalue weighted by Gasteiger charge is -2.39. The number of likely N-dealkylation sites (N-methyl/N-ethyl adjacent to an activating group) is 2. The molecular weight excluding hydrogens is 487 g/mol. The molecule has 0 rings (SSSR count). The first kappa shape index (κ1) is 30.9. The maximum absolute atomic E-state index is 14.0. The number of nitrogens with zero attached hydrogens (tertiary/aromatic N) is 2. The molecule has 0 spiro atoms. The van der Waals surface area contributed by atoms with E-state index in [1.165, 1.54) is 19.2 Å². The maximum Gasteiger partial charge on any atom is 0.459 e. The predicted octanol–water partition coefficient (Wildman–Crippen LogP) is 5.86. The van der Waals surface area contributed by atoms with Gasteiger partial charge < -0.3 is 8.67 Å². The first-order chi connectivity index (χ1) is 14.1. The standard InChI is InChI=1S/C16H28F9N2O2S2/c1-5-27(6-2,10-7-8-12-30-28-4)11-9-26(3)31-16(23,24)14(19,29-25)13(17,18)15(20,21)22/h5-12H2,1-4H3/q+1. The minimum atomic E-state index is -6.80. The molecule has 1 atom stereocenters. The van der Waals surface area contributed by atoms with Crippen molar-refractivity contribution in [3.05, 3.63) is 0 Å². The molecule has 0 N–H and O–H groups in total. The van der Waals surface area contributed by atoms with Gasteiger partial charge in [-0.1, -0.05) is 0 Å². The highest BCUT2D eigenvalue weighted by atomic mass is 32.2. The summed E-state index contributed by atoms with van der Waals surface area (Å²) in [5.41, 5.74) is 0. The lowest BCUT2D eigenvalue weighted by molar-refractivity contribution is -0.924. The second-order valence-corrected chi connectivity index (χ2v) is 9.12. The SMILES string of the molecule is CC[N+](CC)(CCCCSOC)CCN(C)SC(F)(F)C(F)(OF)C(F)(F)C(F)(F)F. The summed E-state index contributed by atoms with van der Waals surface area (Å²) in [4.78, 5) is 1.92. The Bertz CT molecular complexity index is 526. The lowest BCUT2D eigenvalue weighted by Crippen LogP contribution is -2.63. The molecule has 0 saturated heterocycles. The minimum Gasteiger partial charge on any atom is -0.323 e. The molecule has 0 aliphatic carbocycles. The van der Waals surface area contributed by atoms with E-state index in [-0.39, 0.29) is 13.1 Å². The van der Waals surface area contributed by atoms with Crippen LogP contribution in [0.4, 0.5) is 39.6 Å². The Kier molecular flexibility index (Phi) is 12.4. The van der Waals surface area contributed by atoms with E-state index in [2.05, 4.69) is 0 Å². The Morgan fingerprint density at radius 1 is 0.903 bits per heavy atom. The molecule has 0 aromatic rings. The average molecular weight is 516 g/mol. The summed E-state index contributed by atoms with van der Waals surface area (Å²) in [5, 5.41) is -5.58. The third-order valence-corrected chi connectivity index (χ3v) is 6.65. The summed E-state index contributed by atoms with van der Waals surface area (Å²) in [6, 6.07) is 0. The summed E-state index contributed by atoms with van der Waals surface area (Å²) in [6.45, 7) is 5.62. The molecule has 0 aromatic carbocycles. The van der Waals surface area contributed by atoms with Crippen LogP contribution in [-0.4, -0.2) is 84.6 Å². The van der Waals surface area contributed by atoms with Gasteiger partial charge in [-0.15, -0.1) is 4.94 Å². The molecule has 0 radical (unpaired) electrons.